The number of nitrogens with two attached hydrogens (primary N) is 3. The van der Waals surface area contributed by atoms with Crippen molar-refractivity contribution >= 4 is 35.5 Å². The van der Waals surface area contributed by atoms with E-state index in [1.807, 2.05) is 6.26 Å². The van der Waals surface area contributed by atoms with Gasteiger partial charge in [-0.15, -0.1) is 0 Å². The Morgan fingerprint density at radius 1 is 1.06 bits per heavy atom. The average Bonchev–Trinajstić information content (AvgIpc) is 2.74. The number of carboxylic acid groups (broad SMARTS) is 1. The van der Waals surface area contributed by atoms with E-state index in [4.69, 9.17) is 17.2 Å². The third-order valence-electron chi connectivity index (χ3n) is 4.54. The van der Waals surface area contributed by atoms with Gasteiger partial charge < -0.3 is 38.0 Å². The Kier molecular flexibility index (Phi) is 12.0. The van der Waals surface area contributed by atoms with Crippen LogP contribution in [0.4, 0.5) is 0 Å². The van der Waals surface area contributed by atoms with Crippen molar-refractivity contribution in [3.63, 3.8) is 0 Å². The SMILES string of the molecule is CSCC[C@H](N)C(=O)N[C@@H](Cc1ccc(O)cc1)C(=O)N[C@@H](CCCN=C(N)N)C(=O)O. The number of phenols is 1. The third-order valence-corrected chi connectivity index (χ3v) is 5.18. The molecule has 11 nitrogen and oxygen atoms in total. The van der Waals surface area contributed by atoms with Crippen molar-refractivity contribution in [2.45, 2.75) is 43.8 Å². The van der Waals surface area contributed by atoms with Gasteiger partial charge in [0.25, 0.3) is 0 Å². The number of aliphatic imine (C=N–C) groups is 1. The van der Waals surface area contributed by atoms with Gasteiger partial charge in [-0.1, -0.05) is 12.1 Å². The molecule has 0 aliphatic rings. The Hall–Kier alpha value is -2.99. The van der Waals surface area contributed by atoms with Gasteiger partial charge in [0.15, 0.2) is 5.96 Å². The highest BCUT2D eigenvalue weighted by Crippen LogP contribution is 2.12. The smallest absolute Gasteiger partial charge is 0.326 e. The number of carbonyl (C=O) groups is 3. The fraction of sp³-hybridized carbons (Fsp3) is 0.500. The standard InChI is InChI=1S/C20H32N6O5S/c1-32-10-8-14(21)17(28)26-16(11-12-4-6-13(27)7-5-12)18(29)25-15(19(30)31)3-2-9-24-20(22)23/h4-7,14-16,27H,2-3,8-11,21H2,1H3,(H,25,29)(H,26,28)(H,30,31)(H4,22,23,24)/t14-,15-,16-/m0/s1. The first-order valence-corrected chi connectivity index (χ1v) is 11.4. The lowest BCUT2D eigenvalue weighted by molar-refractivity contribution is -0.142. The van der Waals surface area contributed by atoms with Crippen molar-refractivity contribution in [2.24, 2.45) is 22.2 Å². The van der Waals surface area contributed by atoms with Crippen LogP contribution in [0.3, 0.4) is 0 Å². The number of carbonyl (C=O) groups excluding carboxylic acids is 2. The Bertz CT molecular complexity index is 785. The molecular weight excluding hydrogens is 436 g/mol. The first-order valence-electron chi connectivity index (χ1n) is 10.1. The topological polar surface area (TPSA) is 206 Å². The summed E-state index contributed by atoms with van der Waals surface area (Å²) >= 11 is 1.55. The number of guanidine groups is 1. The van der Waals surface area contributed by atoms with Gasteiger partial charge in [-0.3, -0.25) is 14.6 Å². The van der Waals surface area contributed by atoms with Crippen molar-refractivity contribution in [3.05, 3.63) is 29.8 Å². The van der Waals surface area contributed by atoms with Crippen molar-refractivity contribution in [2.75, 3.05) is 18.6 Å². The molecule has 12 heteroatoms. The molecule has 0 unspecified atom stereocenters. The lowest BCUT2D eigenvalue weighted by atomic mass is 10.0. The number of rotatable bonds is 14. The molecule has 3 atom stereocenters. The molecule has 1 aromatic carbocycles. The molecule has 0 aromatic heterocycles. The molecule has 10 N–H and O–H groups in total. The summed E-state index contributed by atoms with van der Waals surface area (Å²) in [7, 11) is 0. The fourth-order valence-electron chi connectivity index (χ4n) is 2.76. The maximum absolute atomic E-state index is 12.9. The van der Waals surface area contributed by atoms with E-state index in [-0.39, 0.29) is 31.1 Å². The molecular formula is C20H32N6O5S. The highest BCUT2D eigenvalue weighted by molar-refractivity contribution is 7.98. The highest BCUT2D eigenvalue weighted by atomic mass is 32.2. The van der Waals surface area contributed by atoms with E-state index in [1.165, 1.54) is 12.1 Å². The van der Waals surface area contributed by atoms with E-state index in [2.05, 4.69) is 15.6 Å². The maximum Gasteiger partial charge on any atom is 0.326 e. The number of nitrogens with one attached hydrogen (secondary N) is 2. The molecule has 0 radical (unpaired) electrons. The molecule has 0 spiro atoms. The lowest BCUT2D eigenvalue weighted by Crippen LogP contribution is -2.55. The quantitative estimate of drug-likeness (QED) is 0.103. The first kappa shape index (κ1) is 27.0. The zero-order chi connectivity index (χ0) is 24.1. The molecule has 1 rings (SSSR count). The van der Waals surface area contributed by atoms with Crippen LogP contribution in [0.25, 0.3) is 0 Å². The van der Waals surface area contributed by atoms with E-state index in [0.717, 1.165) is 0 Å². The fourth-order valence-corrected chi connectivity index (χ4v) is 3.25. The van der Waals surface area contributed by atoms with Crippen molar-refractivity contribution in [1.29, 1.82) is 0 Å². The summed E-state index contributed by atoms with van der Waals surface area (Å²) in [6.45, 7) is 0.222. The van der Waals surface area contributed by atoms with Gasteiger partial charge in [0.1, 0.15) is 17.8 Å². The molecule has 0 saturated heterocycles. The molecule has 32 heavy (non-hydrogen) atoms. The molecule has 0 aliphatic heterocycles. The van der Waals surface area contributed by atoms with Crippen LogP contribution in [-0.4, -0.2) is 70.6 Å². The lowest BCUT2D eigenvalue weighted by Gasteiger charge is -2.23. The largest absolute Gasteiger partial charge is 0.508 e. The van der Waals surface area contributed by atoms with Crippen LogP contribution >= 0.6 is 11.8 Å². The van der Waals surface area contributed by atoms with Crippen molar-refractivity contribution in [3.8, 4) is 5.75 Å². The van der Waals surface area contributed by atoms with Crippen LogP contribution in [0, 0.1) is 0 Å². The first-order chi connectivity index (χ1) is 15.1. The number of phenolic OH excluding ortho intramolecular Hbond substituents is 1. The summed E-state index contributed by atoms with van der Waals surface area (Å²) in [5, 5.41) is 24.0. The predicted octanol–water partition coefficient (Wildman–Crippen LogP) is -0.877. The normalized spacial score (nSPS) is 13.4. The molecule has 0 heterocycles. The Morgan fingerprint density at radius 2 is 1.69 bits per heavy atom. The molecule has 1 aromatic rings. The summed E-state index contributed by atoms with van der Waals surface area (Å²) in [4.78, 5) is 40.8. The van der Waals surface area contributed by atoms with Gasteiger partial charge in [-0.05, 0) is 49.0 Å². The zero-order valence-electron chi connectivity index (χ0n) is 18.0. The second kappa shape index (κ2) is 14.1. The molecule has 0 bridgehead atoms. The molecule has 2 amide bonds. The van der Waals surface area contributed by atoms with Crippen molar-refractivity contribution in [1.82, 2.24) is 10.6 Å². The number of carboxylic acids is 1. The van der Waals surface area contributed by atoms with Gasteiger partial charge in [0.2, 0.25) is 11.8 Å². The summed E-state index contributed by atoms with van der Waals surface area (Å²) < 4.78 is 0. The zero-order valence-corrected chi connectivity index (χ0v) is 18.8. The van der Waals surface area contributed by atoms with E-state index in [1.54, 1.807) is 23.9 Å². The third kappa shape index (κ3) is 10.4. The predicted molar refractivity (Wildman–Crippen MR) is 124 cm³/mol. The van der Waals surface area contributed by atoms with Crippen LogP contribution in [-0.2, 0) is 20.8 Å². The summed E-state index contributed by atoms with van der Waals surface area (Å²) in [6.07, 6.45) is 2.86. The van der Waals surface area contributed by atoms with Gasteiger partial charge in [0, 0.05) is 13.0 Å². The average molecular weight is 469 g/mol. The number of amides is 2. The Balaban J connectivity index is 2.90. The Morgan fingerprint density at radius 3 is 2.25 bits per heavy atom. The maximum atomic E-state index is 12.9. The number of hydrogen-bond donors (Lipinski definition) is 7. The minimum absolute atomic E-state index is 0.0598. The number of nitrogens with zero attached hydrogens (tertiary/aromatic N) is 1. The summed E-state index contributed by atoms with van der Waals surface area (Å²) in [6, 6.07) is 3.11. The van der Waals surface area contributed by atoms with Gasteiger partial charge in [0.05, 0.1) is 6.04 Å². The molecule has 0 fully saturated rings. The van der Waals surface area contributed by atoms with E-state index < -0.39 is 35.9 Å². The summed E-state index contributed by atoms with van der Waals surface area (Å²) in [5.41, 5.74) is 17.1. The number of benzene rings is 1. The van der Waals surface area contributed by atoms with E-state index >= 15 is 0 Å². The van der Waals surface area contributed by atoms with E-state index in [0.29, 0.717) is 24.2 Å². The van der Waals surface area contributed by atoms with Crippen LogP contribution < -0.4 is 27.8 Å². The number of aliphatic carboxylic acids is 1. The van der Waals surface area contributed by atoms with Crippen molar-refractivity contribution < 1.29 is 24.6 Å². The van der Waals surface area contributed by atoms with Crippen LogP contribution in [0.15, 0.2) is 29.3 Å². The number of hydrogen-bond acceptors (Lipinski definition) is 7. The van der Waals surface area contributed by atoms with Crippen LogP contribution in [0.1, 0.15) is 24.8 Å². The number of thioether (sulfide) groups is 1. The number of aromatic hydroxyl groups is 1. The van der Waals surface area contributed by atoms with Gasteiger partial charge in [-0.25, -0.2) is 4.79 Å². The van der Waals surface area contributed by atoms with Crippen LogP contribution in [0.5, 0.6) is 5.75 Å². The van der Waals surface area contributed by atoms with Crippen LogP contribution in [0.2, 0.25) is 0 Å². The van der Waals surface area contributed by atoms with Gasteiger partial charge in [-0.2, -0.15) is 11.8 Å². The second-order valence-corrected chi connectivity index (χ2v) is 8.15. The molecule has 0 aliphatic carbocycles. The van der Waals surface area contributed by atoms with E-state index in [9.17, 15) is 24.6 Å². The monoisotopic (exact) mass is 468 g/mol. The minimum atomic E-state index is -1.21. The minimum Gasteiger partial charge on any atom is -0.508 e. The van der Waals surface area contributed by atoms with Gasteiger partial charge >= 0.3 is 5.97 Å². The highest BCUT2D eigenvalue weighted by Gasteiger charge is 2.28. The molecule has 178 valence electrons. The second-order valence-electron chi connectivity index (χ2n) is 7.17. The summed E-state index contributed by atoms with van der Waals surface area (Å²) in [5.74, 6) is -1.73. The Labute approximate surface area is 191 Å². The molecule has 0 saturated carbocycles.